The SMILES string of the molecule is CN=CC(=CN)c1cn(-c2cccc3c(-c4ccc(C(N)=O)c(F)c4)cc(C(F)(F)F)nc23)cn1. The Hall–Kier alpha value is -4.54. The number of benzene rings is 2. The molecule has 2 aromatic carbocycles. The molecule has 2 aromatic heterocycles. The minimum atomic E-state index is -4.77. The molecule has 4 rings (SSSR count). The second-order valence-corrected chi connectivity index (χ2v) is 7.46. The van der Waals surface area contributed by atoms with Gasteiger partial charge in [0, 0.05) is 36.6 Å². The van der Waals surface area contributed by atoms with Crippen molar-refractivity contribution in [2.24, 2.45) is 16.5 Å². The third-order valence-corrected chi connectivity index (χ3v) is 5.26. The Morgan fingerprint density at radius 2 is 1.94 bits per heavy atom. The molecule has 7 nitrogen and oxygen atoms in total. The number of allylic oxidation sites excluding steroid dienone is 1. The highest BCUT2D eigenvalue weighted by atomic mass is 19.4. The molecule has 0 radical (unpaired) electrons. The number of rotatable bonds is 5. The second kappa shape index (κ2) is 9.01. The van der Waals surface area contributed by atoms with E-state index in [0.717, 1.165) is 18.2 Å². The number of hydrogen-bond donors (Lipinski definition) is 2. The topological polar surface area (TPSA) is 112 Å². The molecule has 0 aliphatic heterocycles. The van der Waals surface area contributed by atoms with Crippen LogP contribution in [0, 0.1) is 5.82 Å². The van der Waals surface area contributed by atoms with Crippen molar-refractivity contribution >= 4 is 28.6 Å². The summed E-state index contributed by atoms with van der Waals surface area (Å²) in [4.78, 5) is 23.4. The Kier molecular flexibility index (Phi) is 6.08. The number of nitrogens with two attached hydrogens (primary N) is 2. The van der Waals surface area contributed by atoms with Gasteiger partial charge in [-0.2, -0.15) is 13.2 Å². The van der Waals surface area contributed by atoms with Gasteiger partial charge in [-0.1, -0.05) is 18.2 Å². The fraction of sp³-hybridized carbons (Fsp3) is 0.0833. The van der Waals surface area contributed by atoms with E-state index in [1.165, 1.54) is 29.4 Å². The number of aliphatic imine (C=N–C) groups is 1. The van der Waals surface area contributed by atoms with E-state index < -0.39 is 23.6 Å². The molecule has 0 bridgehead atoms. The quantitative estimate of drug-likeness (QED) is 0.325. The molecule has 0 saturated heterocycles. The summed E-state index contributed by atoms with van der Waals surface area (Å²) in [6, 6.07) is 9.08. The molecule has 0 saturated carbocycles. The Bertz CT molecular complexity index is 1500. The van der Waals surface area contributed by atoms with Crippen LogP contribution in [0.2, 0.25) is 0 Å². The minimum absolute atomic E-state index is 0.0168. The van der Waals surface area contributed by atoms with Gasteiger partial charge in [0.05, 0.1) is 28.8 Å². The number of aromatic nitrogens is 3. The Morgan fingerprint density at radius 1 is 1.17 bits per heavy atom. The fourth-order valence-corrected chi connectivity index (χ4v) is 3.65. The number of primary amides is 1. The molecule has 2 heterocycles. The number of hydrogen-bond acceptors (Lipinski definition) is 5. The van der Waals surface area contributed by atoms with Crippen LogP contribution in [0.5, 0.6) is 0 Å². The van der Waals surface area contributed by atoms with Gasteiger partial charge in [0.25, 0.3) is 5.91 Å². The molecule has 4 aromatic rings. The first-order valence-electron chi connectivity index (χ1n) is 10.1. The summed E-state index contributed by atoms with van der Waals surface area (Å²) in [7, 11) is 1.56. The summed E-state index contributed by atoms with van der Waals surface area (Å²) >= 11 is 0. The van der Waals surface area contributed by atoms with E-state index in [-0.39, 0.29) is 22.2 Å². The van der Waals surface area contributed by atoms with E-state index >= 15 is 0 Å². The first kappa shape index (κ1) is 23.6. The fourth-order valence-electron chi connectivity index (χ4n) is 3.65. The standard InChI is InChI=1S/C24H18F4N6O/c1-31-10-14(9-29)19-11-34(12-32-19)20-4-2-3-15-17(8-21(24(26,27)28)33-22(15)20)13-5-6-16(23(30)35)18(25)7-13/h2-12H,29H2,1H3,(H2,30,35). The van der Waals surface area contributed by atoms with Crippen molar-refractivity contribution in [1.82, 2.24) is 14.5 Å². The average molecular weight is 482 g/mol. The molecule has 178 valence electrons. The molecule has 1 amide bonds. The summed E-state index contributed by atoms with van der Waals surface area (Å²) in [5.74, 6) is -1.93. The summed E-state index contributed by atoms with van der Waals surface area (Å²) in [5, 5.41) is 0.335. The van der Waals surface area contributed by atoms with E-state index in [4.69, 9.17) is 11.5 Å². The lowest BCUT2D eigenvalue weighted by Gasteiger charge is -2.15. The Balaban J connectivity index is 1.98. The summed E-state index contributed by atoms with van der Waals surface area (Å²) in [6.07, 6.45) is 1.04. The average Bonchev–Trinajstić information content (AvgIpc) is 3.30. The molecule has 0 fully saturated rings. The van der Waals surface area contributed by atoms with Crippen molar-refractivity contribution in [3.05, 3.63) is 84.0 Å². The zero-order valence-electron chi connectivity index (χ0n) is 18.2. The van der Waals surface area contributed by atoms with Crippen LogP contribution in [-0.2, 0) is 6.18 Å². The highest BCUT2D eigenvalue weighted by molar-refractivity contribution is 6.08. The molecule has 0 atom stereocenters. The maximum absolute atomic E-state index is 14.5. The van der Waals surface area contributed by atoms with Gasteiger partial charge in [-0.25, -0.2) is 14.4 Å². The Morgan fingerprint density at radius 3 is 2.57 bits per heavy atom. The van der Waals surface area contributed by atoms with Gasteiger partial charge in [-0.05, 0) is 35.4 Å². The number of alkyl halides is 3. The van der Waals surface area contributed by atoms with E-state index in [1.807, 2.05) is 0 Å². The zero-order valence-corrected chi connectivity index (χ0v) is 18.2. The van der Waals surface area contributed by atoms with Gasteiger partial charge in [-0.3, -0.25) is 9.79 Å². The van der Waals surface area contributed by atoms with Crippen molar-refractivity contribution < 1.29 is 22.4 Å². The number of carbonyl (C=O) groups is 1. The van der Waals surface area contributed by atoms with Crippen molar-refractivity contribution in [2.75, 3.05) is 7.05 Å². The van der Waals surface area contributed by atoms with Gasteiger partial charge in [0.1, 0.15) is 11.5 Å². The van der Waals surface area contributed by atoms with E-state index in [9.17, 15) is 22.4 Å². The Labute approximate surface area is 196 Å². The van der Waals surface area contributed by atoms with Crippen molar-refractivity contribution in [3.63, 3.8) is 0 Å². The highest BCUT2D eigenvalue weighted by Crippen LogP contribution is 2.37. The molecule has 0 unspecified atom stereocenters. The van der Waals surface area contributed by atoms with Crippen LogP contribution in [0.4, 0.5) is 17.6 Å². The van der Waals surface area contributed by atoms with Crippen molar-refractivity contribution in [3.8, 4) is 16.8 Å². The number of carbonyl (C=O) groups excluding carboxylic acids is 1. The molecule has 4 N–H and O–H groups in total. The van der Waals surface area contributed by atoms with E-state index in [2.05, 4.69) is 15.0 Å². The number of imidazole rings is 1. The van der Waals surface area contributed by atoms with Gasteiger partial charge in [0.15, 0.2) is 0 Å². The van der Waals surface area contributed by atoms with Crippen LogP contribution in [-0.4, -0.2) is 33.7 Å². The maximum Gasteiger partial charge on any atom is 0.433 e. The lowest BCUT2D eigenvalue weighted by atomic mass is 9.98. The molecule has 0 spiro atoms. The van der Waals surface area contributed by atoms with Crippen LogP contribution < -0.4 is 11.5 Å². The first-order chi connectivity index (χ1) is 16.6. The lowest BCUT2D eigenvalue weighted by Crippen LogP contribution is -2.13. The van der Waals surface area contributed by atoms with Gasteiger partial charge in [0.2, 0.25) is 0 Å². The van der Waals surface area contributed by atoms with E-state index in [1.54, 1.807) is 31.4 Å². The minimum Gasteiger partial charge on any atom is -0.404 e. The number of para-hydroxylation sites is 1. The maximum atomic E-state index is 14.5. The molecular weight excluding hydrogens is 464 g/mol. The van der Waals surface area contributed by atoms with Crippen molar-refractivity contribution in [2.45, 2.75) is 6.18 Å². The smallest absolute Gasteiger partial charge is 0.404 e. The predicted octanol–water partition coefficient (Wildman–Crippen LogP) is 4.34. The van der Waals surface area contributed by atoms with Crippen LogP contribution in [0.3, 0.4) is 0 Å². The normalized spacial score (nSPS) is 12.5. The number of halogens is 4. The second-order valence-electron chi connectivity index (χ2n) is 7.46. The molecular formula is C24H18F4N6O. The van der Waals surface area contributed by atoms with Crippen LogP contribution >= 0.6 is 0 Å². The largest absolute Gasteiger partial charge is 0.433 e. The lowest BCUT2D eigenvalue weighted by molar-refractivity contribution is -0.140. The monoisotopic (exact) mass is 482 g/mol. The third-order valence-electron chi connectivity index (χ3n) is 5.26. The number of nitrogens with zero attached hydrogens (tertiary/aromatic N) is 4. The van der Waals surface area contributed by atoms with Gasteiger partial charge in [-0.15, -0.1) is 0 Å². The first-order valence-corrected chi connectivity index (χ1v) is 10.1. The van der Waals surface area contributed by atoms with Crippen LogP contribution in [0.15, 0.2) is 66.2 Å². The molecule has 11 heteroatoms. The number of fused-ring (bicyclic) bond motifs is 1. The van der Waals surface area contributed by atoms with E-state index in [0.29, 0.717) is 22.3 Å². The molecule has 0 aliphatic carbocycles. The summed E-state index contributed by atoms with van der Waals surface area (Å²) in [5.41, 5.74) is 10.7. The third kappa shape index (κ3) is 4.47. The summed E-state index contributed by atoms with van der Waals surface area (Å²) in [6.45, 7) is 0. The zero-order chi connectivity index (χ0) is 25.3. The van der Waals surface area contributed by atoms with Gasteiger partial charge < -0.3 is 16.0 Å². The van der Waals surface area contributed by atoms with Crippen molar-refractivity contribution in [1.29, 1.82) is 0 Å². The summed E-state index contributed by atoms with van der Waals surface area (Å²) < 4.78 is 57.3. The predicted molar refractivity (Wildman–Crippen MR) is 124 cm³/mol. The molecule has 35 heavy (non-hydrogen) atoms. The molecule has 0 aliphatic rings. The van der Waals surface area contributed by atoms with Crippen LogP contribution in [0.25, 0.3) is 33.3 Å². The highest BCUT2D eigenvalue weighted by Gasteiger charge is 2.34. The van der Waals surface area contributed by atoms with Gasteiger partial charge >= 0.3 is 6.18 Å². The number of amides is 1. The van der Waals surface area contributed by atoms with Crippen LogP contribution in [0.1, 0.15) is 21.7 Å². The number of pyridine rings is 1.